The van der Waals surface area contributed by atoms with Gasteiger partial charge in [-0.1, -0.05) is 6.92 Å². The number of rotatable bonds is 2. The summed E-state index contributed by atoms with van der Waals surface area (Å²) in [6.45, 7) is 2.57. The fourth-order valence-corrected chi connectivity index (χ4v) is 8.31. The molecule has 154 valence electrons. The van der Waals surface area contributed by atoms with Gasteiger partial charge in [0.2, 0.25) is 0 Å². The Labute approximate surface area is 166 Å². The first-order valence-corrected chi connectivity index (χ1v) is 11.1. The normalized spacial score (nSPS) is 52.9. The molecule has 0 aromatic carbocycles. The zero-order valence-electron chi connectivity index (χ0n) is 16.7. The molecular formula is C23H32O5. The van der Waals surface area contributed by atoms with Crippen molar-refractivity contribution in [2.24, 2.45) is 34.5 Å². The Morgan fingerprint density at radius 1 is 1.11 bits per heavy atom. The van der Waals surface area contributed by atoms with Crippen molar-refractivity contribution >= 4 is 12.3 Å². The van der Waals surface area contributed by atoms with Gasteiger partial charge in [0.1, 0.15) is 12.9 Å². The van der Waals surface area contributed by atoms with Crippen molar-refractivity contribution < 1.29 is 24.5 Å². The van der Waals surface area contributed by atoms with Gasteiger partial charge >= 0.3 is 5.97 Å². The molecule has 0 aromatic heterocycles. The molecule has 5 nitrogen and oxygen atoms in total. The van der Waals surface area contributed by atoms with Crippen LogP contribution in [0.4, 0.5) is 0 Å². The van der Waals surface area contributed by atoms with Gasteiger partial charge in [0.25, 0.3) is 0 Å². The van der Waals surface area contributed by atoms with Crippen LogP contribution in [0.5, 0.6) is 0 Å². The second-order valence-corrected chi connectivity index (χ2v) is 10.4. The largest absolute Gasteiger partial charge is 0.458 e. The van der Waals surface area contributed by atoms with Crippen molar-refractivity contribution in [1.29, 1.82) is 0 Å². The van der Waals surface area contributed by atoms with E-state index in [2.05, 4.69) is 6.92 Å². The number of fused-ring (bicyclic) bond motifs is 5. The van der Waals surface area contributed by atoms with Gasteiger partial charge in [0.05, 0.1) is 11.7 Å². The lowest BCUT2D eigenvalue weighted by Gasteiger charge is -2.62. The highest BCUT2D eigenvalue weighted by Gasteiger charge is 2.68. The third kappa shape index (κ3) is 2.26. The summed E-state index contributed by atoms with van der Waals surface area (Å²) in [4.78, 5) is 24.1. The summed E-state index contributed by atoms with van der Waals surface area (Å²) < 4.78 is 5.17. The van der Waals surface area contributed by atoms with E-state index in [1.54, 1.807) is 6.08 Å². The molecule has 1 aliphatic heterocycles. The van der Waals surface area contributed by atoms with E-state index in [4.69, 9.17) is 4.74 Å². The van der Waals surface area contributed by atoms with Gasteiger partial charge in [-0.3, -0.25) is 0 Å². The second-order valence-electron chi connectivity index (χ2n) is 10.4. The number of hydrogen-bond acceptors (Lipinski definition) is 5. The maximum Gasteiger partial charge on any atom is 0.331 e. The molecule has 0 saturated heterocycles. The van der Waals surface area contributed by atoms with Gasteiger partial charge in [-0.15, -0.1) is 0 Å². The first kappa shape index (κ1) is 18.8. The molecular weight excluding hydrogens is 356 g/mol. The molecule has 0 bridgehead atoms. The molecule has 0 unspecified atom stereocenters. The molecule has 4 aliphatic carbocycles. The van der Waals surface area contributed by atoms with Crippen LogP contribution in [0.3, 0.4) is 0 Å². The monoisotopic (exact) mass is 388 g/mol. The highest BCUT2D eigenvalue weighted by molar-refractivity contribution is 5.85. The first-order valence-electron chi connectivity index (χ1n) is 11.1. The van der Waals surface area contributed by atoms with Crippen molar-refractivity contribution in [2.45, 2.75) is 76.4 Å². The number of hydrogen-bond donors (Lipinski definition) is 2. The van der Waals surface area contributed by atoms with E-state index >= 15 is 0 Å². The lowest BCUT2D eigenvalue weighted by Crippen LogP contribution is -2.63. The SMILES string of the molecule is C[C@]12CC[C@@H]3[C@H](CC[C@H]4C[C@H](O)CC[C@@]43C=O)[C@@]1(O)CC[C@@H]2C1=CC(=O)OC1. The van der Waals surface area contributed by atoms with Crippen LogP contribution in [0.1, 0.15) is 64.7 Å². The van der Waals surface area contributed by atoms with Crippen LogP contribution in [0.15, 0.2) is 11.6 Å². The fraction of sp³-hybridized carbons (Fsp3) is 0.826. The highest BCUT2D eigenvalue weighted by atomic mass is 16.5. The van der Waals surface area contributed by atoms with Crippen molar-refractivity contribution in [3.63, 3.8) is 0 Å². The van der Waals surface area contributed by atoms with E-state index < -0.39 is 5.60 Å². The smallest absolute Gasteiger partial charge is 0.331 e. The molecule has 0 radical (unpaired) electrons. The number of ether oxygens (including phenoxy) is 1. The van der Waals surface area contributed by atoms with E-state index in [0.717, 1.165) is 56.9 Å². The van der Waals surface area contributed by atoms with Crippen molar-refractivity contribution in [2.75, 3.05) is 6.61 Å². The topological polar surface area (TPSA) is 83.8 Å². The maximum atomic E-state index is 12.4. The average Bonchev–Trinajstić information content (AvgIpc) is 3.22. The van der Waals surface area contributed by atoms with Crippen LogP contribution in [-0.4, -0.2) is 40.8 Å². The van der Waals surface area contributed by atoms with Crippen LogP contribution in [0.2, 0.25) is 0 Å². The second kappa shape index (κ2) is 6.15. The Morgan fingerprint density at radius 3 is 2.64 bits per heavy atom. The van der Waals surface area contributed by atoms with Crippen LogP contribution in [0, 0.1) is 34.5 Å². The minimum Gasteiger partial charge on any atom is -0.458 e. The fourth-order valence-electron chi connectivity index (χ4n) is 8.31. The van der Waals surface area contributed by atoms with Crippen molar-refractivity contribution in [3.05, 3.63) is 11.6 Å². The van der Waals surface area contributed by atoms with E-state index in [1.165, 1.54) is 6.29 Å². The van der Waals surface area contributed by atoms with Crippen LogP contribution in [-0.2, 0) is 14.3 Å². The quantitative estimate of drug-likeness (QED) is 0.561. The summed E-state index contributed by atoms with van der Waals surface area (Å²) in [5.74, 6) is 0.519. The third-order valence-electron chi connectivity index (χ3n) is 9.74. The molecule has 28 heavy (non-hydrogen) atoms. The third-order valence-corrected chi connectivity index (χ3v) is 9.74. The Balaban J connectivity index is 1.49. The first-order chi connectivity index (χ1) is 13.3. The number of esters is 1. The van der Waals surface area contributed by atoms with E-state index in [9.17, 15) is 19.8 Å². The Morgan fingerprint density at radius 2 is 1.93 bits per heavy atom. The lowest BCUT2D eigenvalue weighted by atomic mass is 9.43. The zero-order valence-corrected chi connectivity index (χ0v) is 16.7. The molecule has 0 amide bonds. The summed E-state index contributed by atoms with van der Waals surface area (Å²) >= 11 is 0. The summed E-state index contributed by atoms with van der Waals surface area (Å²) in [7, 11) is 0. The molecule has 0 spiro atoms. The number of cyclic esters (lactones) is 1. The van der Waals surface area contributed by atoms with Gasteiger partial charge in [-0.05, 0) is 87.0 Å². The van der Waals surface area contributed by atoms with Crippen LogP contribution >= 0.6 is 0 Å². The molecule has 4 fully saturated rings. The highest BCUT2D eigenvalue weighted by Crippen LogP contribution is 2.69. The molecule has 8 atom stereocenters. The predicted molar refractivity (Wildman–Crippen MR) is 102 cm³/mol. The van der Waals surface area contributed by atoms with Crippen molar-refractivity contribution in [3.8, 4) is 0 Å². The maximum absolute atomic E-state index is 12.4. The molecule has 0 aromatic rings. The number of carbonyl (C=O) groups excluding carboxylic acids is 2. The lowest BCUT2D eigenvalue weighted by molar-refractivity contribution is -0.207. The van der Waals surface area contributed by atoms with E-state index in [0.29, 0.717) is 13.0 Å². The summed E-state index contributed by atoms with van der Waals surface area (Å²) in [6.07, 6.45) is 10.1. The Kier molecular flexibility index (Phi) is 4.13. The summed E-state index contributed by atoms with van der Waals surface area (Å²) in [6, 6.07) is 0. The van der Waals surface area contributed by atoms with Crippen LogP contribution < -0.4 is 0 Å². The Bertz CT molecular complexity index is 731. The average molecular weight is 389 g/mol. The molecule has 4 saturated carbocycles. The van der Waals surface area contributed by atoms with Crippen LogP contribution in [0.25, 0.3) is 0 Å². The van der Waals surface area contributed by atoms with Gasteiger partial charge in [-0.2, -0.15) is 0 Å². The van der Waals surface area contributed by atoms with Crippen molar-refractivity contribution in [1.82, 2.24) is 0 Å². The standard InChI is InChI=1S/C23H32O5/c1-21-7-5-18-19(3-2-15-11-16(25)4-8-22(15,18)13-24)23(21,27)9-6-17(21)14-10-20(26)28-12-14/h10,13,15-19,25,27H,2-9,11-12H2,1H3/t15-,16+,17+,18+,19-,21+,22+,23-/m0/s1. The molecule has 5 heteroatoms. The minimum absolute atomic E-state index is 0.131. The summed E-state index contributed by atoms with van der Waals surface area (Å²) in [5.41, 5.74) is -0.381. The van der Waals surface area contributed by atoms with Gasteiger partial charge in [-0.25, -0.2) is 4.79 Å². The number of aliphatic hydroxyl groups excluding tert-OH is 1. The predicted octanol–water partition coefficient (Wildman–Crippen LogP) is 2.78. The Hall–Kier alpha value is -1.20. The van der Waals surface area contributed by atoms with Gasteiger partial charge in [0.15, 0.2) is 0 Å². The molecule has 5 aliphatic rings. The number of aliphatic hydroxyl groups is 2. The molecule has 5 rings (SSSR count). The number of carbonyl (C=O) groups is 2. The molecule has 2 N–H and O–H groups in total. The van der Waals surface area contributed by atoms with Gasteiger partial charge in [0, 0.05) is 16.9 Å². The van der Waals surface area contributed by atoms with Gasteiger partial charge < -0.3 is 19.7 Å². The van der Waals surface area contributed by atoms with E-state index in [-0.39, 0.29) is 46.6 Å². The minimum atomic E-state index is -0.788. The number of aldehydes is 1. The molecule has 1 heterocycles. The zero-order chi connectivity index (χ0) is 19.7. The summed E-state index contributed by atoms with van der Waals surface area (Å²) in [5, 5.41) is 22.3. The van der Waals surface area contributed by atoms with E-state index in [1.807, 2.05) is 0 Å².